The number of anilines is 1. The van der Waals surface area contributed by atoms with Crippen molar-refractivity contribution in [3.63, 3.8) is 0 Å². The van der Waals surface area contributed by atoms with Gasteiger partial charge in [-0.1, -0.05) is 36.4 Å². The molecule has 3 rings (SSSR count). The van der Waals surface area contributed by atoms with Gasteiger partial charge < -0.3 is 5.73 Å². The van der Waals surface area contributed by atoms with E-state index in [1.165, 1.54) is 27.8 Å². The van der Waals surface area contributed by atoms with Gasteiger partial charge in [0.1, 0.15) is 5.82 Å². The largest absolute Gasteiger partial charge is 0.398 e. The van der Waals surface area contributed by atoms with Gasteiger partial charge in [-0.3, -0.25) is 0 Å². The second kappa shape index (κ2) is 5.55. The SMILES string of the molecule is Nc1cc(F)ccc1CSc1ccc2ccccc2c1. The number of thioether (sulfide) groups is 1. The maximum atomic E-state index is 13.0. The van der Waals surface area contributed by atoms with Gasteiger partial charge in [0.05, 0.1) is 0 Å². The lowest BCUT2D eigenvalue weighted by Gasteiger charge is -2.06. The Hall–Kier alpha value is -2.00. The monoisotopic (exact) mass is 283 g/mol. The smallest absolute Gasteiger partial charge is 0.125 e. The molecule has 0 heterocycles. The first-order valence-electron chi connectivity index (χ1n) is 6.38. The Morgan fingerprint density at radius 1 is 0.900 bits per heavy atom. The summed E-state index contributed by atoms with van der Waals surface area (Å²) < 4.78 is 13.0. The van der Waals surface area contributed by atoms with Gasteiger partial charge in [-0.2, -0.15) is 0 Å². The van der Waals surface area contributed by atoms with Crippen molar-refractivity contribution in [2.75, 3.05) is 5.73 Å². The number of rotatable bonds is 3. The molecule has 0 saturated heterocycles. The van der Waals surface area contributed by atoms with Gasteiger partial charge >= 0.3 is 0 Å². The standard InChI is InChI=1S/C17H14FNS/c18-15-7-5-14(17(19)10-15)11-20-16-8-6-12-3-1-2-4-13(12)9-16/h1-10H,11,19H2. The molecule has 0 bridgehead atoms. The summed E-state index contributed by atoms with van der Waals surface area (Å²) in [6.07, 6.45) is 0. The lowest BCUT2D eigenvalue weighted by Crippen LogP contribution is -1.93. The molecule has 1 nitrogen and oxygen atoms in total. The predicted molar refractivity (Wildman–Crippen MR) is 84.3 cm³/mol. The molecule has 0 radical (unpaired) electrons. The Balaban J connectivity index is 1.79. The Labute approximate surface area is 121 Å². The minimum atomic E-state index is -0.290. The van der Waals surface area contributed by atoms with Gasteiger partial charge in [0.25, 0.3) is 0 Å². The van der Waals surface area contributed by atoms with Crippen molar-refractivity contribution < 1.29 is 4.39 Å². The Morgan fingerprint density at radius 3 is 2.50 bits per heavy atom. The first-order valence-corrected chi connectivity index (χ1v) is 7.36. The molecular formula is C17H14FNS. The Kier molecular flexibility index (Phi) is 3.61. The average molecular weight is 283 g/mol. The normalized spacial score (nSPS) is 10.8. The maximum Gasteiger partial charge on any atom is 0.125 e. The molecule has 20 heavy (non-hydrogen) atoms. The molecule has 0 atom stereocenters. The molecule has 3 heteroatoms. The van der Waals surface area contributed by atoms with Gasteiger partial charge in [0.15, 0.2) is 0 Å². The van der Waals surface area contributed by atoms with E-state index < -0.39 is 0 Å². The van der Waals surface area contributed by atoms with Crippen LogP contribution in [0.1, 0.15) is 5.56 Å². The van der Waals surface area contributed by atoms with Crippen LogP contribution in [-0.4, -0.2) is 0 Å². The number of hydrogen-bond acceptors (Lipinski definition) is 2. The fourth-order valence-electron chi connectivity index (χ4n) is 2.12. The first-order chi connectivity index (χ1) is 9.72. The van der Waals surface area contributed by atoms with E-state index in [-0.39, 0.29) is 5.82 Å². The van der Waals surface area contributed by atoms with Crippen LogP contribution in [0.5, 0.6) is 0 Å². The third-order valence-corrected chi connectivity index (χ3v) is 4.27. The van der Waals surface area contributed by atoms with Crippen LogP contribution in [0.2, 0.25) is 0 Å². The molecule has 0 unspecified atom stereocenters. The summed E-state index contributed by atoms with van der Waals surface area (Å²) in [6.45, 7) is 0. The molecule has 0 aliphatic rings. The number of nitrogens with two attached hydrogens (primary N) is 1. The molecule has 0 aromatic heterocycles. The second-order valence-electron chi connectivity index (χ2n) is 4.64. The third-order valence-electron chi connectivity index (χ3n) is 3.22. The summed E-state index contributed by atoms with van der Waals surface area (Å²) in [4.78, 5) is 1.19. The van der Waals surface area contributed by atoms with E-state index in [1.807, 2.05) is 12.1 Å². The van der Waals surface area contributed by atoms with Crippen molar-refractivity contribution >= 4 is 28.2 Å². The van der Waals surface area contributed by atoms with Gasteiger partial charge in [0, 0.05) is 16.3 Å². The fourth-order valence-corrected chi connectivity index (χ4v) is 3.08. The molecule has 0 aliphatic carbocycles. The summed E-state index contributed by atoms with van der Waals surface area (Å²) in [5, 5.41) is 2.46. The highest BCUT2D eigenvalue weighted by atomic mass is 32.2. The Morgan fingerprint density at radius 2 is 1.70 bits per heavy atom. The summed E-state index contributed by atoms with van der Waals surface area (Å²) in [5.74, 6) is 0.451. The van der Waals surface area contributed by atoms with Crippen LogP contribution in [0, 0.1) is 5.82 Å². The van der Waals surface area contributed by atoms with Crippen LogP contribution >= 0.6 is 11.8 Å². The summed E-state index contributed by atoms with van der Waals surface area (Å²) in [5.41, 5.74) is 7.30. The molecule has 0 fully saturated rings. The highest BCUT2D eigenvalue weighted by Gasteiger charge is 2.03. The van der Waals surface area contributed by atoms with Crippen molar-refractivity contribution in [1.29, 1.82) is 0 Å². The predicted octanol–water partition coefficient (Wildman–Crippen LogP) is 4.85. The minimum absolute atomic E-state index is 0.290. The zero-order valence-corrected chi connectivity index (χ0v) is 11.7. The molecule has 0 spiro atoms. The summed E-state index contributed by atoms with van der Waals surface area (Å²) in [7, 11) is 0. The van der Waals surface area contributed by atoms with Crippen LogP contribution in [0.3, 0.4) is 0 Å². The van der Waals surface area contributed by atoms with Crippen molar-refractivity contribution in [3.8, 4) is 0 Å². The number of halogens is 1. The van der Waals surface area contributed by atoms with E-state index in [0.717, 1.165) is 11.3 Å². The van der Waals surface area contributed by atoms with E-state index in [4.69, 9.17) is 5.73 Å². The lowest BCUT2D eigenvalue weighted by molar-refractivity contribution is 0.628. The van der Waals surface area contributed by atoms with Crippen molar-refractivity contribution in [3.05, 3.63) is 72.0 Å². The van der Waals surface area contributed by atoms with E-state index in [2.05, 4.69) is 30.3 Å². The van der Waals surface area contributed by atoms with E-state index in [9.17, 15) is 4.39 Å². The average Bonchev–Trinajstić information content (AvgIpc) is 2.46. The number of fused-ring (bicyclic) bond motifs is 1. The van der Waals surface area contributed by atoms with Crippen molar-refractivity contribution in [1.82, 2.24) is 0 Å². The lowest BCUT2D eigenvalue weighted by atomic mass is 10.1. The van der Waals surface area contributed by atoms with Crippen LogP contribution in [0.15, 0.2) is 65.6 Å². The summed E-state index contributed by atoms with van der Waals surface area (Å²) in [6, 6.07) is 19.2. The van der Waals surface area contributed by atoms with Crippen LogP contribution in [0.4, 0.5) is 10.1 Å². The zero-order valence-electron chi connectivity index (χ0n) is 10.8. The van der Waals surface area contributed by atoms with Gasteiger partial charge in [-0.15, -0.1) is 11.8 Å². The van der Waals surface area contributed by atoms with Gasteiger partial charge in [0.2, 0.25) is 0 Å². The van der Waals surface area contributed by atoms with Crippen molar-refractivity contribution in [2.45, 2.75) is 10.6 Å². The molecule has 3 aromatic carbocycles. The molecular weight excluding hydrogens is 269 g/mol. The highest BCUT2D eigenvalue weighted by molar-refractivity contribution is 7.98. The number of hydrogen-bond donors (Lipinski definition) is 1. The zero-order chi connectivity index (χ0) is 13.9. The summed E-state index contributed by atoms with van der Waals surface area (Å²) >= 11 is 1.71. The Bertz CT molecular complexity index is 755. The van der Waals surface area contributed by atoms with Crippen LogP contribution in [0.25, 0.3) is 10.8 Å². The molecule has 0 aliphatic heterocycles. The van der Waals surface area contributed by atoms with Crippen LogP contribution in [-0.2, 0) is 5.75 Å². The molecule has 2 N–H and O–H groups in total. The van der Waals surface area contributed by atoms with E-state index >= 15 is 0 Å². The van der Waals surface area contributed by atoms with Gasteiger partial charge in [-0.05, 0) is 40.6 Å². The maximum absolute atomic E-state index is 13.0. The number of nitrogen functional groups attached to an aromatic ring is 1. The van der Waals surface area contributed by atoms with Crippen LogP contribution < -0.4 is 5.73 Å². The molecule has 0 amide bonds. The second-order valence-corrected chi connectivity index (χ2v) is 5.69. The number of benzene rings is 3. The van der Waals surface area contributed by atoms with Gasteiger partial charge in [-0.25, -0.2) is 4.39 Å². The molecule has 0 saturated carbocycles. The van der Waals surface area contributed by atoms with Crippen molar-refractivity contribution in [2.24, 2.45) is 0 Å². The minimum Gasteiger partial charge on any atom is -0.398 e. The highest BCUT2D eigenvalue weighted by Crippen LogP contribution is 2.28. The van der Waals surface area contributed by atoms with E-state index in [0.29, 0.717) is 5.69 Å². The third kappa shape index (κ3) is 2.78. The fraction of sp³-hybridized carbons (Fsp3) is 0.0588. The topological polar surface area (TPSA) is 26.0 Å². The quantitative estimate of drug-likeness (QED) is 0.549. The van der Waals surface area contributed by atoms with E-state index in [1.54, 1.807) is 17.8 Å². The molecule has 100 valence electrons. The molecule has 3 aromatic rings. The first kappa shape index (κ1) is 13.0.